The van der Waals surface area contributed by atoms with Crippen LogP contribution in [-0.4, -0.2) is 76.5 Å². The summed E-state index contributed by atoms with van der Waals surface area (Å²) in [7, 11) is -1.77. The van der Waals surface area contributed by atoms with Crippen molar-refractivity contribution in [3.05, 3.63) is 41.8 Å². The van der Waals surface area contributed by atoms with E-state index >= 15 is 4.39 Å². The Morgan fingerprint density at radius 2 is 2.03 bits per heavy atom. The lowest BCUT2D eigenvalue weighted by molar-refractivity contribution is 0.132. The molecule has 0 bridgehead atoms. The summed E-state index contributed by atoms with van der Waals surface area (Å²) in [5, 5.41) is 2.47. The average molecular weight is 493 g/mol. The van der Waals surface area contributed by atoms with Gasteiger partial charge in [0, 0.05) is 30.4 Å². The molecule has 2 saturated heterocycles. The highest BCUT2D eigenvalue weighted by molar-refractivity contribution is 7.91. The van der Waals surface area contributed by atoms with Crippen molar-refractivity contribution in [2.24, 2.45) is 0 Å². The molecule has 10 nitrogen and oxygen atoms in total. The van der Waals surface area contributed by atoms with Gasteiger partial charge in [-0.25, -0.2) is 27.4 Å². The lowest BCUT2D eigenvalue weighted by Gasteiger charge is -2.29. The molecule has 0 saturated carbocycles. The van der Waals surface area contributed by atoms with Gasteiger partial charge in [0.2, 0.25) is 0 Å². The van der Waals surface area contributed by atoms with E-state index in [-0.39, 0.29) is 24.6 Å². The first-order valence-corrected chi connectivity index (χ1v) is 12.5. The standard InChI is InChI=1S/C22H25FN4O6S/c1-14-9-15(11-24-20(14)26-5-7-34(30,31)8-6-26)18-4-3-16(10-19(18)23)27-13-17(33-22(27)29)12-25-21(28)32-2/h3-4,9-11,17H,5-8,12-13H2,1-2H3,(H,25,28)/t17-/m0/s1. The first-order chi connectivity index (χ1) is 16.2. The minimum absolute atomic E-state index is 0.0791. The molecule has 1 N–H and O–H groups in total. The Kier molecular flexibility index (Phi) is 6.60. The average Bonchev–Trinajstić information content (AvgIpc) is 3.18. The fourth-order valence-corrected chi connectivity index (χ4v) is 5.19. The lowest BCUT2D eigenvalue weighted by Crippen LogP contribution is -2.41. The molecule has 12 heteroatoms. The molecular formula is C22H25FN4O6S. The summed E-state index contributed by atoms with van der Waals surface area (Å²) in [5.41, 5.74) is 2.04. The minimum atomic E-state index is -3.00. The van der Waals surface area contributed by atoms with Gasteiger partial charge in [0.05, 0.1) is 37.4 Å². The maximum Gasteiger partial charge on any atom is 0.414 e. The molecule has 2 fully saturated rings. The molecule has 2 aliphatic rings. The molecule has 1 atom stereocenters. The summed E-state index contributed by atoms with van der Waals surface area (Å²) < 4.78 is 48.1. The van der Waals surface area contributed by atoms with Gasteiger partial charge in [-0.15, -0.1) is 0 Å². The number of benzene rings is 1. The molecule has 34 heavy (non-hydrogen) atoms. The molecule has 0 spiro atoms. The normalized spacial score (nSPS) is 19.6. The van der Waals surface area contributed by atoms with Crippen molar-refractivity contribution >= 4 is 33.5 Å². The number of nitrogens with zero attached hydrogens (tertiary/aromatic N) is 3. The van der Waals surface area contributed by atoms with Crippen LogP contribution in [0.5, 0.6) is 0 Å². The van der Waals surface area contributed by atoms with E-state index in [1.165, 1.54) is 18.1 Å². The third kappa shape index (κ3) is 5.06. The molecule has 0 radical (unpaired) electrons. The highest BCUT2D eigenvalue weighted by Gasteiger charge is 2.33. The molecule has 1 aromatic heterocycles. The number of carbonyl (C=O) groups excluding carboxylic acids is 2. The van der Waals surface area contributed by atoms with E-state index in [1.54, 1.807) is 18.3 Å². The van der Waals surface area contributed by atoms with Gasteiger partial charge < -0.3 is 19.7 Å². The fourth-order valence-electron chi connectivity index (χ4n) is 3.98. The van der Waals surface area contributed by atoms with Crippen LogP contribution in [0.2, 0.25) is 0 Å². The van der Waals surface area contributed by atoms with Gasteiger partial charge in [0.1, 0.15) is 17.7 Å². The van der Waals surface area contributed by atoms with Crippen molar-refractivity contribution in [2.75, 3.05) is 54.6 Å². The topological polar surface area (TPSA) is 118 Å². The number of rotatable bonds is 5. The molecule has 2 aromatic rings. The Morgan fingerprint density at radius 1 is 1.29 bits per heavy atom. The van der Waals surface area contributed by atoms with Crippen LogP contribution in [0, 0.1) is 12.7 Å². The van der Waals surface area contributed by atoms with Crippen LogP contribution < -0.4 is 15.1 Å². The van der Waals surface area contributed by atoms with E-state index in [1.807, 2.05) is 17.9 Å². The number of aryl methyl sites for hydroxylation is 1. The van der Waals surface area contributed by atoms with Crippen molar-refractivity contribution < 1.29 is 31.9 Å². The van der Waals surface area contributed by atoms with Crippen LogP contribution in [0.3, 0.4) is 0 Å². The number of hydrogen-bond acceptors (Lipinski definition) is 8. The minimum Gasteiger partial charge on any atom is -0.453 e. The molecule has 2 amide bonds. The highest BCUT2D eigenvalue weighted by Crippen LogP contribution is 2.31. The van der Waals surface area contributed by atoms with Crippen LogP contribution >= 0.6 is 0 Å². The van der Waals surface area contributed by atoms with Gasteiger partial charge in [-0.1, -0.05) is 0 Å². The maximum absolute atomic E-state index is 15.0. The van der Waals surface area contributed by atoms with Crippen LogP contribution in [-0.2, 0) is 19.3 Å². The van der Waals surface area contributed by atoms with Crippen molar-refractivity contribution in [1.82, 2.24) is 10.3 Å². The molecule has 3 heterocycles. The smallest absolute Gasteiger partial charge is 0.414 e. The second kappa shape index (κ2) is 9.45. The number of pyridine rings is 1. The molecule has 0 unspecified atom stereocenters. The van der Waals surface area contributed by atoms with E-state index in [9.17, 15) is 18.0 Å². The van der Waals surface area contributed by atoms with E-state index in [4.69, 9.17) is 4.74 Å². The zero-order valence-corrected chi connectivity index (χ0v) is 19.6. The predicted octanol–water partition coefficient (Wildman–Crippen LogP) is 2.11. The third-order valence-corrected chi connectivity index (χ3v) is 7.41. The molecule has 0 aliphatic carbocycles. The number of sulfone groups is 1. The van der Waals surface area contributed by atoms with Crippen LogP contribution in [0.15, 0.2) is 30.5 Å². The van der Waals surface area contributed by atoms with Crippen molar-refractivity contribution in [2.45, 2.75) is 13.0 Å². The Hall–Kier alpha value is -3.41. The summed E-state index contributed by atoms with van der Waals surface area (Å²) in [5.74, 6) is 0.330. The predicted molar refractivity (Wildman–Crippen MR) is 123 cm³/mol. The number of nitrogens with one attached hydrogen (secondary N) is 1. The number of anilines is 2. The number of alkyl carbamates (subject to hydrolysis) is 1. The molecule has 1 aromatic carbocycles. The van der Waals surface area contributed by atoms with Crippen LogP contribution in [0.1, 0.15) is 5.56 Å². The first kappa shape index (κ1) is 23.7. The number of hydrogen-bond donors (Lipinski definition) is 1. The van der Waals surface area contributed by atoms with E-state index in [0.29, 0.717) is 35.7 Å². The SMILES string of the molecule is COC(=O)NC[C@H]1CN(c2ccc(-c3cnc(N4CCS(=O)(=O)CC4)c(C)c3)c(F)c2)C(=O)O1. The van der Waals surface area contributed by atoms with Gasteiger partial charge in [-0.2, -0.15) is 0 Å². The fraction of sp³-hybridized carbons (Fsp3) is 0.409. The monoisotopic (exact) mass is 492 g/mol. The summed E-state index contributed by atoms with van der Waals surface area (Å²) in [6.45, 7) is 2.84. The Morgan fingerprint density at radius 3 is 2.68 bits per heavy atom. The zero-order chi connectivity index (χ0) is 24.5. The van der Waals surface area contributed by atoms with E-state index in [2.05, 4.69) is 15.0 Å². The summed E-state index contributed by atoms with van der Waals surface area (Å²) in [4.78, 5) is 31.1. The van der Waals surface area contributed by atoms with Crippen molar-refractivity contribution in [3.8, 4) is 11.1 Å². The van der Waals surface area contributed by atoms with Crippen molar-refractivity contribution in [1.29, 1.82) is 0 Å². The summed E-state index contributed by atoms with van der Waals surface area (Å²) in [6.07, 6.45) is -0.291. The number of ether oxygens (including phenoxy) is 2. The lowest BCUT2D eigenvalue weighted by atomic mass is 10.0. The van der Waals surface area contributed by atoms with Gasteiger partial charge >= 0.3 is 12.2 Å². The quantitative estimate of drug-likeness (QED) is 0.674. The summed E-state index contributed by atoms with van der Waals surface area (Å²) in [6, 6.07) is 6.25. The number of aromatic nitrogens is 1. The zero-order valence-electron chi connectivity index (χ0n) is 18.8. The summed E-state index contributed by atoms with van der Waals surface area (Å²) >= 11 is 0. The first-order valence-electron chi connectivity index (χ1n) is 10.7. The van der Waals surface area contributed by atoms with Gasteiger partial charge in [-0.05, 0) is 36.8 Å². The third-order valence-electron chi connectivity index (χ3n) is 5.80. The van der Waals surface area contributed by atoms with E-state index < -0.39 is 33.9 Å². The van der Waals surface area contributed by atoms with Crippen LogP contribution in [0.25, 0.3) is 11.1 Å². The number of cyclic esters (lactones) is 1. The van der Waals surface area contributed by atoms with Crippen molar-refractivity contribution in [3.63, 3.8) is 0 Å². The second-order valence-electron chi connectivity index (χ2n) is 8.16. The van der Waals surface area contributed by atoms with Crippen LogP contribution in [0.4, 0.5) is 25.5 Å². The number of amides is 2. The Balaban J connectivity index is 1.48. The number of methoxy groups -OCH3 is 1. The Labute approximate surface area is 196 Å². The molecular weight excluding hydrogens is 467 g/mol. The van der Waals surface area contributed by atoms with E-state index in [0.717, 1.165) is 5.56 Å². The maximum atomic E-state index is 15.0. The molecule has 182 valence electrons. The number of halogens is 1. The Bertz CT molecular complexity index is 1210. The van der Waals surface area contributed by atoms with Gasteiger partial charge in [-0.3, -0.25) is 4.90 Å². The van der Waals surface area contributed by atoms with Gasteiger partial charge in [0.25, 0.3) is 0 Å². The number of carbonyl (C=O) groups is 2. The highest BCUT2D eigenvalue weighted by atomic mass is 32.2. The largest absolute Gasteiger partial charge is 0.453 e. The molecule has 2 aliphatic heterocycles. The molecule has 4 rings (SSSR count). The second-order valence-corrected chi connectivity index (χ2v) is 10.5. The van der Waals surface area contributed by atoms with Gasteiger partial charge in [0.15, 0.2) is 9.84 Å².